The normalized spacial score (nSPS) is 11.1. The smallest absolute Gasteiger partial charge is 0.195 e. The maximum absolute atomic E-state index is 14.1. The zero-order valence-electron chi connectivity index (χ0n) is 17.2. The van der Waals surface area contributed by atoms with Crippen molar-refractivity contribution in [2.24, 2.45) is 0 Å². The van der Waals surface area contributed by atoms with Crippen molar-refractivity contribution in [2.75, 3.05) is 0 Å². The molecule has 3 aromatic carbocycles. The minimum atomic E-state index is -0.904. The van der Waals surface area contributed by atoms with Gasteiger partial charge >= 0.3 is 0 Å². The van der Waals surface area contributed by atoms with Gasteiger partial charge in [-0.05, 0) is 28.8 Å². The maximum Gasteiger partial charge on any atom is 0.195 e. The van der Waals surface area contributed by atoms with Gasteiger partial charge in [-0.15, -0.1) is 0 Å². The van der Waals surface area contributed by atoms with Crippen molar-refractivity contribution in [3.63, 3.8) is 0 Å². The molecule has 0 saturated carbocycles. The summed E-state index contributed by atoms with van der Waals surface area (Å²) in [5.74, 6) is -1.49. The standard InChI is InChI=1S/C27H19F2N3/c1-2-18-6-10-20(11-7-18)21-12-8-19(9-13-21)16-32-15-14-24-25(17-32)31-27(30-24)22-4-3-5-23(28)26(22)29/h2-15,17H,1,16H2/p+1. The number of hydrogen-bond donors (Lipinski definition) is 1. The number of aromatic nitrogens is 3. The summed E-state index contributed by atoms with van der Waals surface area (Å²) >= 11 is 0. The molecule has 0 unspecified atom stereocenters. The minimum absolute atomic E-state index is 0.115. The Morgan fingerprint density at radius 1 is 0.906 bits per heavy atom. The van der Waals surface area contributed by atoms with Crippen LogP contribution in [-0.4, -0.2) is 9.97 Å². The van der Waals surface area contributed by atoms with E-state index in [-0.39, 0.29) is 5.56 Å². The number of H-pyrrole nitrogens is 1. The van der Waals surface area contributed by atoms with Crippen LogP contribution in [0.5, 0.6) is 0 Å². The van der Waals surface area contributed by atoms with Crippen LogP contribution in [0.3, 0.4) is 0 Å². The summed E-state index contributed by atoms with van der Waals surface area (Å²) in [7, 11) is 0. The second-order valence-corrected chi connectivity index (χ2v) is 7.63. The Bertz CT molecular complexity index is 1420. The zero-order chi connectivity index (χ0) is 22.1. The highest BCUT2D eigenvalue weighted by Gasteiger charge is 2.15. The van der Waals surface area contributed by atoms with Crippen LogP contribution < -0.4 is 4.57 Å². The van der Waals surface area contributed by atoms with Crippen LogP contribution in [0.2, 0.25) is 0 Å². The summed E-state index contributed by atoms with van der Waals surface area (Å²) < 4.78 is 29.7. The highest BCUT2D eigenvalue weighted by atomic mass is 19.2. The largest absolute Gasteiger partial charge is 0.333 e. The predicted octanol–water partition coefficient (Wildman–Crippen LogP) is 6.15. The molecule has 2 aromatic heterocycles. The zero-order valence-corrected chi connectivity index (χ0v) is 17.2. The van der Waals surface area contributed by atoms with Gasteiger partial charge in [0.25, 0.3) is 0 Å². The van der Waals surface area contributed by atoms with Gasteiger partial charge in [-0.3, -0.25) is 0 Å². The summed E-state index contributed by atoms with van der Waals surface area (Å²) in [6.07, 6.45) is 5.68. The van der Waals surface area contributed by atoms with Crippen molar-refractivity contribution in [3.8, 4) is 22.5 Å². The number of benzene rings is 3. The highest BCUT2D eigenvalue weighted by Crippen LogP contribution is 2.24. The second kappa shape index (κ2) is 8.19. The van der Waals surface area contributed by atoms with Gasteiger partial charge in [-0.25, -0.2) is 13.8 Å². The Kier molecular flexibility index (Phi) is 5.07. The first kappa shape index (κ1) is 19.8. The van der Waals surface area contributed by atoms with Gasteiger partial charge in [0, 0.05) is 11.6 Å². The van der Waals surface area contributed by atoms with Gasteiger partial charge in [0.15, 0.2) is 30.6 Å². The van der Waals surface area contributed by atoms with E-state index in [9.17, 15) is 8.78 Å². The van der Waals surface area contributed by atoms with Crippen molar-refractivity contribution in [1.29, 1.82) is 0 Å². The fourth-order valence-corrected chi connectivity index (χ4v) is 3.74. The van der Waals surface area contributed by atoms with E-state index in [0.29, 0.717) is 17.9 Å². The van der Waals surface area contributed by atoms with E-state index in [1.165, 1.54) is 12.1 Å². The van der Waals surface area contributed by atoms with E-state index in [4.69, 9.17) is 0 Å². The molecule has 0 atom stereocenters. The molecule has 5 heteroatoms. The topological polar surface area (TPSA) is 32.6 Å². The molecule has 0 aliphatic rings. The maximum atomic E-state index is 14.1. The van der Waals surface area contributed by atoms with Crippen LogP contribution in [0.1, 0.15) is 11.1 Å². The van der Waals surface area contributed by atoms with Crippen LogP contribution in [-0.2, 0) is 6.54 Å². The lowest BCUT2D eigenvalue weighted by molar-refractivity contribution is -0.687. The number of nitrogens with one attached hydrogen (secondary N) is 1. The number of rotatable bonds is 5. The number of fused-ring (bicyclic) bond motifs is 1. The van der Waals surface area contributed by atoms with Gasteiger partial charge in [0.05, 0.1) is 5.56 Å². The molecule has 1 N–H and O–H groups in total. The third-order valence-electron chi connectivity index (χ3n) is 5.49. The number of nitrogens with zero attached hydrogens (tertiary/aromatic N) is 2. The summed E-state index contributed by atoms with van der Waals surface area (Å²) in [6, 6.07) is 22.7. The summed E-state index contributed by atoms with van der Waals surface area (Å²) in [6.45, 7) is 4.46. The summed E-state index contributed by atoms with van der Waals surface area (Å²) in [5.41, 5.74) is 6.12. The third kappa shape index (κ3) is 3.81. The van der Waals surface area contributed by atoms with E-state index < -0.39 is 11.6 Å². The lowest BCUT2D eigenvalue weighted by Crippen LogP contribution is -2.33. The van der Waals surface area contributed by atoms with Crippen LogP contribution in [0.4, 0.5) is 8.78 Å². The number of hydrogen-bond acceptors (Lipinski definition) is 1. The van der Waals surface area contributed by atoms with Crippen LogP contribution in [0.15, 0.2) is 91.8 Å². The monoisotopic (exact) mass is 424 g/mol. The average molecular weight is 424 g/mol. The van der Waals surface area contributed by atoms with Crippen molar-refractivity contribution in [2.45, 2.75) is 6.54 Å². The summed E-state index contributed by atoms with van der Waals surface area (Å²) in [4.78, 5) is 7.51. The van der Waals surface area contributed by atoms with E-state index in [1.54, 1.807) is 0 Å². The predicted molar refractivity (Wildman–Crippen MR) is 123 cm³/mol. The van der Waals surface area contributed by atoms with Gasteiger partial charge in [0.1, 0.15) is 16.9 Å². The second-order valence-electron chi connectivity index (χ2n) is 7.63. The van der Waals surface area contributed by atoms with Crippen LogP contribution in [0, 0.1) is 11.6 Å². The van der Waals surface area contributed by atoms with Crippen molar-refractivity contribution >= 4 is 17.1 Å². The van der Waals surface area contributed by atoms with Crippen molar-refractivity contribution < 1.29 is 13.3 Å². The quantitative estimate of drug-likeness (QED) is 0.337. The molecular formula is C27H20F2N3+. The molecule has 0 saturated heterocycles. The fourth-order valence-electron chi connectivity index (χ4n) is 3.74. The Hall–Kier alpha value is -4.12. The van der Waals surface area contributed by atoms with Gasteiger partial charge < -0.3 is 4.98 Å². The number of aromatic amines is 1. The molecule has 0 aliphatic carbocycles. The molecule has 0 fully saturated rings. The number of pyridine rings is 1. The number of halogens is 2. The Labute approximate surface area is 184 Å². The lowest BCUT2D eigenvalue weighted by Gasteiger charge is -2.04. The van der Waals surface area contributed by atoms with Gasteiger partial charge in [-0.1, -0.05) is 67.3 Å². The molecule has 156 valence electrons. The van der Waals surface area contributed by atoms with E-state index in [2.05, 4.69) is 65.1 Å². The average Bonchev–Trinajstić information content (AvgIpc) is 3.24. The molecule has 0 bridgehead atoms. The van der Waals surface area contributed by atoms with Crippen molar-refractivity contribution in [3.05, 3.63) is 115 Å². The third-order valence-corrected chi connectivity index (χ3v) is 5.49. The molecular weight excluding hydrogens is 404 g/mol. The molecule has 2 heterocycles. The fraction of sp³-hybridized carbons (Fsp3) is 0.0370. The van der Waals surface area contributed by atoms with Crippen molar-refractivity contribution in [1.82, 2.24) is 9.97 Å². The first-order valence-corrected chi connectivity index (χ1v) is 10.3. The van der Waals surface area contributed by atoms with E-state index in [1.807, 2.05) is 29.1 Å². The van der Waals surface area contributed by atoms with E-state index in [0.717, 1.165) is 33.8 Å². The molecule has 0 amide bonds. The first-order chi connectivity index (χ1) is 15.6. The van der Waals surface area contributed by atoms with Crippen LogP contribution >= 0.6 is 0 Å². The number of imidazole rings is 1. The Balaban J connectivity index is 1.38. The molecule has 0 radical (unpaired) electrons. The first-order valence-electron chi connectivity index (χ1n) is 10.3. The Morgan fingerprint density at radius 2 is 1.62 bits per heavy atom. The summed E-state index contributed by atoms with van der Waals surface area (Å²) in [5, 5.41) is 0. The van der Waals surface area contributed by atoms with Gasteiger partial charge in [0.2, 0.25) is 0 Å². The lowest BCUT2D eigenvalue weighted by atomic mass is 10.0. The van der Waals surface area contributed by atoms with E-state index >= 15 is 0 Å². The molecule has 0 aliphatic heterocycles. The van der Waals surface area contributed by atoms with Gasteiger partial charge in [-0.2, -0.15) is 4.57 Å². The molecule has 5 rings (SSSR count). The Morgan fingerprint density at radius 3 is 2.34 bits per heavy atom. The van der Waals surface area contributed by atoms with Crippen LogP contribution in [0.25, 0.3) is 39.6 Å². The minimum Gasteiger partial charge on any atom is -0.333 e. The molecule has 0 spiro atoms. The molecule has 3 nitrogen and oxygen atoms in total. The highest BCUT2D eigenvalue weighted by molar-refractivity contribution is 5.77. The molecule has 32 heavy (non-hydrogen) atoms. The SMILES string of the molecule is C=Cc1ccc(-c2ccc(C[n+]3ccc4nc(-c5cccc(F)c5F)[nH]c4c3)cc2)cc1. The molecule has 5 aromatic rings.